The number of rotatable bonds is 7. The third-order valence-electron chi connectivity index (χ3n) is 4.25. The predicted molar refractivity (Wildman–Crippen MR) is 103 cm³/mol. The molecule has 0 fully saturated rings. The fourth-order valence-electron chi connectivity index (χ4n) is 2.71. The number of aryl methyl sites for hydroxylation is 1. The molecule has 1 amide bonds. The zero-order valence-corrected chi connectivity index (χ0v) is 15.8. The van der Waals surface area contributed by atoms with E-state index in [0.717, 1.165) is 12.0 Å². The van der Waals surface area contributed by atoms with Gasteiger partial charge in [0.25, 0.3) is 11.6 Å². The molecule has 0 aromatic heterocycles. The summed E-state index contributed by atoms with van der Waals surface area (Å²) in [6, 6.07) is 12.1. The van der Waals surface area contributed by atoms with Gasteiger partial charge in [-0.25, -0.2) is 0 Å². The minimum Gasteiger partial charge on any atom is -0.350 e. The smallest absolute Gasteiger partial charge is 0.282 e. The van der Waals surface area contributed by atoms with Crippen LogP contribution in [0.4, 0.5) is 5.69 Å². The van der Waals surface area contributed by atoms with Crippen LogP contribution in [-0.2, 0) is 6.42 Å². The van der Waals surface area contributed by atoms with Crippen molar-refractivity contribution in [3.05, 3.63) is 74.3 Å². The Hall–Kier alpha value is -2.44. The first kappa shape index (κ1) is 19.9. The highest BCUT2D eigenvalue weighted by Gasteiger charge is 2.22. The van der Waals surface area contributed by atoms with Crippen LogP contribution in [0.25, 0.3) is 0 Å². The minimum absolute atomic E-state index is 0.0404. The number of carbonyl (C=O) groups excluding carboxylic acids is 1. The minimum atomic E-state index is -0.585. The van der Waals surface area contributed by atoms with Crippen molar-refractivity contribution < 1.29 is 9.72 Å². The van der Waals surface area contributed by atoms with Crippen molar-refractivity contribution in [3.8, 4) is 0 Å². The zero-order valence-electron chi connectivity index (χ0n) is 15.0. The van der Waals surface area contributed by atoms with Crippen LogP contribution in [-0.4, -0.2) is 36.4 Å². The van der Waals surface area contributed by atoms with Crippen molar-refractivity contribution in [2.24, 2.45) is 0 Å². The molecule has 0 aliphatic carbocycles. The van der Waals surface area contributed by atoms with Crippen LogP contribution < -0.4 is 5.32 Å². The molecule has 0 aliphatic rings. The molecule has 2 aromatic carbocycles. The number of nitro groups is 1. The molecule has 6 nitrogen and oxygen atoms in total. The second-order valence-electron chi connectivity index (χ2n) is 6.20. The van der Waals surface area contributed by atoms with E-state index in [0.29, 0.717) is 6.54 Å². The van der Waals surface area contributed by atoms with Crippen molar-refractivity contribution in [1.29, 1.82) is 0 Å². The first-order chi connectivity index (χ1) is 12.3. The fourth-order valence-corrected chi connectivity index (χ4v) is 2.88. The van der Waals surface area contributed by atoms with Crippen LogP contribution >= 0.6 is 11.6 Å². The Morgan fingerprint density at radius 2 is 1.88 bits per heavy atom. The third kappa shape index (κ3) is 4.80. The van der Waals surface area contributed by atoms with Gasteiger partial charge in [-0.1, -0.05) is 42.8 Å². The summed E-state index contributed by atoms with van der Waals surface area (Å²) in [5.41, 5.74) is 2.00. The lowest BCUT2D eigenvalue weighted by Crippen LogP contribution is -2.34. The van der Waals surface area contributed by atoms with E-state index in [-0.39, 0.29) is 22.3 Å². The quantitative estimate of drug-likeness (QED) is 0.589. The predicted octanol–water partition coefficient (Wildman–Crippen LogP) is 3.84. The number of benzene rings is 2. The molecule has 2 rings (SSSR count). The Morgan fingerprint density at radius 1 is 1.23 bits per heavy atom. The molecule has 0 saturated heterocycles. The van der Waals surface area contributed by atoms with Gasteiger partial charge >= 0.3 is 0 Å². The number of likely N-dealkylation sites (N-methyl/N-ethyl adjacent to an activating group) is 1. The van der Waals surface area contributed by atoms with Gasteiger partial charge in [-0.15, -0.1) is 0 Å². The van der Waals surface area contributed by atoms with E-state index >= 15 is 0 Å². The fraction of sp³-hybridized carbons (Fsp3) is 0.316. The lowest BCUT2D eigenvalue weighted by molar-refractivity contribution is -0.385. The number of nitrogens with zero attached hydrogens (tertiary/aromatic N) is 2. The van der Waals surface area contributed by atoms with Crippen molar-refractivity contribution in [1.82, 2.24) is 10.2 Å². The van der Waals surface area contributed by atoms with Crippen molar-refractivity contribution in [2.45, 2.75) is 19.4 Å². The van der Waals surface area contributed by atoms with E-state index in [9.17, 15) is 14.9 Å². The maximum Gasteiger partial charge on any atom is 0.282 e. The molecule has 1 N–H and O–H groups in total. The molecule has 0 heterocycles. The molecule has 2 aromatic rings. The van der Waals surface area contributed by atoms with Gasteiger partial charge in [0.15, 0.2) is 0 Å². The van der Waals surface area contributed by atoms with Gasteiger partial charge in [0.05, 0.1) is 11.0 Å². The summed E-state index contributed by atoms with van der Waals surface area (Å²) in [5.74, 6) is -0.517. The molecule has 1 unspecified atom stereocenters. The monoisotopic (exact) mass is 375 g/mol. The summed E-state index contributed by atoms with van der Waals surface area (Å²) < 4.78 is 0. The molecule has 0 saturated carbocycles. The van der Waals surface area contributed by atoms with Crippen molar-refractivity contribution in [3.63, 3.8) is 0 Å². The summed E-state index contributed by atoms with van der Waals surface area (Å²) in [6.45, 7) is 2.41. The van der Waals surface area contributed by atoms with Gasteiger partial charge in [-0.3, -0.25) is 14.9 Å². The molecule has 1 atom stereocenters. The number of amides is 1. The molecular formula is C19H22ClN3O3. The highest BCUT2D eigenvalue weighted by molar-refractivity contribution is 6.31. The van der Waals surface area contributed by atoms with E-state index in [4.69, 9.17) is 11.6 Å². The number of hydrogen-bond acceptors (Lipinski definition) is 4. The van der Waals surface area contributed by atoms with Crippen LogP contribution in [0.1, 0.15) is 34.5 Å². The molecule has 0 spiro atoms. The van der Waals surface area contributed by atoms with Gasteiger partial charge in [0, 0.05) is 17.6 Å². The zero-order chi connectivity index (χ0) is 19.3. The maximum absolute atomic E-state index is 12.5. The third-order valence-corrected chi connectivity index (χ3v) is 4.49. The van der Waals surface area contributed by atoms with Crippen molar-refractivity contribution >= 4 is 23.2 Å². The van der Waals surface area contributed by atoms with E-state index in [1.807, 2.05) is 31.1 Å². The SMILES string of the molecule is CCc1ccc(C(CNC(=O)c2cc(Cl)ccc2[N+](=O)[O-])N(C)C)cc1. The molecule has 0 radical (unpaired) electrons. The lowest BCUT2D eigenvalue weighted by atomic mass is 10.0. The van der Waals surface area contributed by atoms with E-state index in [1.165, 1.54) is 23.8 Å². The van der Waals surface area contributed by atoms with Crippen LogP contribution in [0.15, 0.2) is 42.5 Å². The molecule has 0 aliphatic heterocycles. The summed E-state index contributed by atoms with van der Waals surface area (Å²) in [5, 5.41) is 14.2. The Kier molecular flexibility index (Phi) is 6.71. The second kappa shape index (κ2) is 8.78. The molecule has 7 heteroatoms. The van der Waals surface area contributed by atoms with Gasteiger partial charge in [-0.05, 0) is 43.8 Å². The Balaban J connectivity index is 2.17. The Labute approximate surface area is 157 Å². The van der Waals surface area contributed by atoms with Crippen LogP contribution in [0.3, 0.4) is 0 Å². The summed E-state index contributed by atoms with van der Waals surface area (Å²) in [6.07, 6.45) is 0.960. The normalized spacial score (nSPS) is 12.0. The average molecular weight is 376 g/mol. The van der Waals surface area contributed by atoms with E-state index in [2.05, 4.69) is 24.4 Å². The summed E-state index contributed by atoms with van der Waals surface area (Å²) >= 11 is 5.89. The van der Waals surface area contributed by atoms with Crippen LogP contribution in [0, 0.1) is 10.1 Å². The van der Waals surface area contributed by atoms with E-state index in [1.54, 1.807) is 0 Å². The molecule has 0 bridgehead atoms. The van der Waals surface area contributed by atoms with Gasteiger partial charge in [0.1, 0.15) is 5.56 Å². The number of nitro benzene ring substituents is 1. The lowest BCUT2D eigenvalue weighted by Gasteiger charge is -2.25. The van der Waals surface area contributed by atoms with Gasteiger partial charge in [-0.2, -0.15) is 0 Å². The maximum atomic E-state index is 12.5. The highest BCUT2D eigenvalue weighted by atomic mass is 35.5. The molecule has 138 valence electrons. The highest BCUT2D eigenvalue weighted by Crippen LogP contribution is 2.23. The average Bonchev–Trinajstić information content (AvgIpc) is 2.61. The number of halogens is 1. The van der Waals surface area contributed by atoms with Crippen LogP contribution in [0.2, 0.25) is 5.02 Å². The summed E-state index contributed by atoms with van der Waals surface area (Å²) in [7, 11) is 3.85. The molecular weight excluding hydrogens is 354 g/mol. The van der Waals surface area contributed by atoms with E-state index < -0.39 is 10.8 Å². The number of nitrogens with one attached hydrogen (secondary N) is 1. The first-order valence-electron chi connectivity index (χ1n) is 8.31. The number of carbonyl (C=O) groups is 1. The van der Waals surface area contributed by atoms with Gasteiger partial charge < -0.3 is 10.2 Å². The summed E-state index contributed by atoms with van der Waals surface area (Å²) in [4.78, 5) is 25.0. The topological polar surface area (TPSA) is 75.5 Å². The largest absolute Gasteiger partial charge is 0.350 e. The number of hydrogen-bond donors (Lipinski definition) is 1. The Morgan fingerprint density at radius 3 is 2.42 bits per heavy atom. The van der Waals surface area contributed by atoms with Crippen molar-refractivity contribution in [2.75, 3.05) is 20.6 Å². The molecule has 26 heavy (non-hydrogen) atoms. The van der Waals surface area contributed by atoms with Gasteiger partial charge in [0.2, 0.25) is 0 Å². The second-order valence-corrected chi connectivity index (χ2v) is 6.64. The standard InChI is InChI=1S/C19H22ClN3O3/c1-4-13-5-7-14(8-6-13)18(22(2)3)12-21-19(24)16-11-15(20)9-10-17(16)23(25)26/h5-11,18H,4,12H2,1-3H3,(H,21,24). The Bertz CT molecular complexity index is 791. The van der Waals surface area contributed by atoms with Crippen LogP contribution in [0.5, 0.6) is 0 Å². The first-order valence-corrected chi connectivity index (χ1v) is 8.68.